The molecule has 11 heteroatoms. The molecule has 0 unspecified atom stereocenters. The van der Waals surface area contributed by atoms with Gasteiger partial charge in [-0.3, -0.25) is 9.13 Å². The maximum atomic E-state index is 9.51. The van der Waals surface area contributed by atoms with Crippen molar-refractivity contribution in [1.29, 1.82) is 0 Å². The first-order valence-corrected chi connectivity index (χ1v) is 13.3. The summed E-state index contributed by atoms with van der Waals surface area (Å²) in [6, 6.07) is 0. The molecule has 3 nitrogen and oxygen atoms in total. The van der Waals surface area contributed by atoms with Gasteiger partial charge in [0.1, 0.15) is 0 Å². The number of halogens is 6. The lowest BCUT2D eigenvalue weighted by Crippen LogP contribution is -2.21. The highest BCUT2D eigenvalue weighted by Crippen LogP contribution is 2.61. The fourth-order valence-corrected chi connectivity index (χ4v) is 0.671. The predicted octanol–water partition coefficient (Wildman–Crippen LogP) is 6.97. The molecule has 0 aromatic carbocycles. The molecule has 0 N–H and O–H groups in total. The van der Waals surface area contributed by atoms with Crippen LogP contribution in [0, 0.1) is 0 Å². The van der Waals surface area contributed by atoms with Crippen LogP contribution in [0.2, 0.25) is 0 Å². The second kappa shape index (κ2) is 13.2. The quantitative estimate of drug-likeness (QED) is 0.474. The van der Waals surface area contributed by atoms with Crippen molar-refractivity contribution in [3.05, 3.63) is 0 Å². The molecule has 0 aromatic rings. The second-order valence-corrected chi connectivity index (χ2v) is 15.7. The van der Waals surface area contributed by atoms with Gasteiger partial charge in [0.15, 0.2) is 0 Å². The van der Waals surface area contributed by atoms with E-state index in [0.29, 0.717) is 0 Å². The lowest BCUT2D eigenvalue weighted by Gasteiger charge is -2.13. The van der Waals surface area contributed by atoms with E-state index in [0.717, 1.165) is 0 Å². The van der Waals surface area contributed by atoms with E-state index in [9.17, 15) is 9.13 Å². The lowest BCUT2D eigenvalue weighted by molar-refractivity contribution is 0.321. The summed E-state index contributed by atoms with van der Waals surface area (Å²) < 4.78 is 19.0. The van der Waals surface area contributed by atoms with Crippen molar-refractivity contribution in [2.75, 3.05) is 19.6 Å². The van der Waals surface area contributed by atoms with Gasteiger partial charge in [-0.05, 0) is 87.1 Å². The van der Waals surface area contributed by atoms with Crippen molar-refractivity contribution in [1.82, 2.24) is 4.90 Å². The summed E-state index contributed by atoms with van der Waals surface area (Å²) >= 11 is 27.7. The standard InChI is InChI=1S/C6H15N.2Cl3OP/c1-4-7(5-2)6-3;2*1-5(2,3)4/h4-6H2,1-3H3;;. The average molecular weight is 408 g/mol. The van der Waals surface area contributed by atoms with Crippen LogP contribution in [0.5, 0.6) is 0 Å². The van der Waals surface area contributed by atoms with E-state index < -0.39 is 10.4 Å². The molecule has 0 saturated carbocycles. The fourth-order valence-electron chi connectivity index (χ4n) is 0.671. The van der Waals surface area contributed by atoms with Crippen molar-refractivity contribution in [2.24, 2.45) is 0 Å². The van der Waals surface area contributed by atoms with E-state index in [-0.39, 0.29) is 0 Å². The minimum Gasteiger partial charge on any atom is -0.304 e. The smallest absolute Gasteiger partial charge is 0.304 e. The zero-order valence-corrected chi connectivity index (χ0v) is 15.9. The van der Waals surface area contributed by atoms with Gasteiger partial charge >= 0.3 is 10.4 Å². The Bertz CT molecular complexity index is 209. The zero-order chi connectivity index (χ0) is 14.7. The molecule has 0 aliphatic rings. The predicted molar refractivity (Wildman–Crippen MR) is 83.8 cm³/mol. The summed E-state index contributed by atoms with van der Waals surface area (Å²) in [5.41, 5.74) is 0. The van der Waals surface area contributed by atoms with Crippen molar-refractivity contribution in [3.8, 4) is 0 Å². The number of rotatable bonds is 3. The van der Waals surface area contributed by atoms with Crippen LogP contribution >= 0.6 is 77.8 Å². The van der Waals surface area contributed by atoms with Gasteiger partial charge in [0.25, 0.3) is 0 Å². The Morgan fingerprint density at radius 2 is 0.824 bits per heavy atom. The molecule has 0 aliphatic heterocycles. The SMILES string of the molecule is CCN(CC)CC.O=P(Cl)(Cl)Cl.O=P(Cl)(Cl)Cl. The molecule has 0 amide bonds. The van der Waals surface area contributed by atoms with Crippen LogP contribution in [0.1, 0.15) is 20.8 Å². The van der Waals surface area contributed by atoms with Gasteiger partial charge in [0, 0.05) is 0 Å². The molecule has 0 saturated heterocycles. The molecule has 0 bridgehead atoms. The molecule has 0 atom stereocenters. The Balaban J connectivity index is -0.000000177. The summed E-state index contributed by atoms with van der Waals surface area (Å²) in [5.74, 6) is 0. The third-order valence-corrected chi connectivity index (χ3v) is 1.34. The summed E-state index contributed by atoms with van der Waals surface area (Å²) in [4.78, 5) is 2.38. The normalized spacial score (nSPS) is 11.2. The molecule has 0 rings (SSSR count). The fraction of sp³-hybridized carbons (Fsp3) is 1.00. The molecule has 108 valence electrons. The molecular weight excluding hydrogens is 393 g/mol. The molecule has 0 spiro atoms. The molecule has 0 aliphatic carbocycles. The minimum atomic E-state index is -3.22. The number of nitrogens with zero attached hydrogens (tertiary/aromatic N) is 1. The van der Waals surface area contributed by atoms with E-state index in [1.54, 1.807) is 0 Å². The largest absolute Gasteiger partial charge is 0.339 e. The van der Waals surface area contributed by atoms with Gasteiger partial charge in [0.05, 0.1) is 0 Å². The highest BCUT2D eigenvalue weighted by Gasteiger charge is 2.03. The van der Waals surface area contributed by atoms with Crippen molar-refractivity contribution >= 4 is 77.8 Å². The van der Waals surface area contributed by atoms with Gasteiger partial charge in [0.2, 0.25) is 0 Å². The Labute approximate surface area is 131 Å². The maximum absolute atomic E-state index is 9.51. The van der Waals surface area contributed by atoms with E-state index in [1.165, 1.54) is 19.6 Å². The van der Waals surface area contributed by atoms with Gasteiger partial charge < -0.3 is 4.90 Å². The summed E-state index contributed by atoms with van der Waals surface area (Å²) in [6.45, 7) is 10.1. The van der Waals surface area contributed by atoms with Crippen LogP contribution in [0.4, 0.5) is 0 Å². The van der Waals surface area contributed by atoms with E-state index in [2.05, 4.69) is 93.1 Å². The molecule has 0 radical (unpaired) electrons. The van der Waals surface area contributed by atoms with E-state index in [4.69, 9.17) is 0 Å². The Hall–Kier alpha value is 2.16. The monoisotopic (exact) mass is 405 g/mol. The van der Waals surface area contributed by atoms with Crippen molar-refractivity contribution < 1.29 is 9.13 Å². The van der Waals surface area contributed by atoms with Gasteiger partial charge in [-0.15, -0.1) is 0 Å². The van der Waals surface area contributed by atoms with Crippen LogP contribution in [0.3, 0.4) is 0 Å². The highest BCUT2D eigenvalue weighted by molar-refractivity contribution is 8.25. The zero-order valence-electron chi connectivity index (χ0n) is 9.55. The van der Waals surface area contributed by atoms with Crippen LogP contribution in [-0.4, -0.2) is 24.5 Å². The first-order valence-electron chi connectivity index (χ1n) is 4.45. The van der Waals surface area contributed by atoms with Crippen LogP contribution < -0.4 is 0 Å². The Morgan fingerprint density at radius 3 is 0.824 bits per heavy atom. The lowest BCUT2D eigenvalue weighted by atomic mass is 10.5. The molecule has 0 heterocycles. The van der Waals surface area contributed by atoms with E-state index in [1.807, 2.05) is 0 Å². The van der Waals surface area contributed by atoms with Gasteiger partial charge in [-0.1, -0.05) is 20.8 Å². The summed E-state index contributed by atoms with van der Waals surface area (Å²) in [7, 11) is 0. The van der Waals surface area contributed by atoms with Crippen LogP contribution in [0.15, 0.2) is 0 Å². The summed E-state index contributed by atoms with van der Waals surface area (Å²) in [6.07, 6.45) is 0. The maximum Gasteiger partial charge on any atom is 0.339 e. The van der Waals surface area contributed by atoms with E-state index >= 15 is 0 Å². The third kappa shape index (κ3) is 71.2. The van der Waals surface area contributed by atoms with Crippen molar-refractivity contribution in [3.63, 3.8) is 0 Å². The Kier molecular flexibility index (Phi) is 18.7. The third-order valence-electron chi connectivity index (χ3n) is 1.34. The minimum absolute atomic E-state index is 1.19. The summed E-state index contributed by atoms with van der Waals surface area (Å²) in [5, 5.41) is -6.44. The molecular formula is C6H15Cl6NO2P2. The van der Waals surface area contributed by atoms with Gasteiger partial charge in [-0.2, -0.15) is 0 Å². The Morgan fingerprint density at radius 1 is 0.706 bits per heavy atom. The van der Waals surface area contributed by atoms with Crippen molar-refractivity contribution in [2.45, 2.75) is 20.8 Å². The van der Waals surface area contributed by atoms with Crippen LogP contribution in [0.25, 0.3) is 0 Å². The number of hydrogen-bond acceptors (Lipinski definition) is 3. The molecule has 17 heavy (non-hydrogen) atoms. The average Bonchev–Trinajstić information content (AvgIpc) is 2.01. The molecule has 0 aromatic heterocycles. The first kappa shape index (κ1) is 24.2. The topological polar surface area (TPSA) is 37.4 Å². The molecule has 0 fully saturated rings. The van der Waals surface area contributed by atoms with Crippen LogP contribution in [-0.2, 0) is 9.13 Å². The highest BCUT2D eigenvalue weighted by atomic mass is 36.1. The number of hydrogen-bond donors (Lipinski definition) is 0. The second-order valence-electron chi connectivity index (χ2n) is 2.42. The van der Waals surface area contributed by atoms with Gasteiger partial charge in [-0.25, -0.2) is 0 Å². The first-order chi connectivity index (χ1) is 7.35.